The van der Waals surface area contributed by atoms with Crippen LogP contribution < -0.4 is 5.32 Å². The van der Waals surface area contributed by atoms with Gasteiger partial charge in [0.05, 0.1) is 6.54 Å². The topological polar surface area (TPSA) is 37.3 Å². The van der Waals surface area contributed by atoms with E-state index in [9.17, 15) is 9.18 Å². The molecule has 0 radical (unpaired) electrons. The number of urea groups is 1. The van der Waals surface area contributed by atoms with E-state index < -0.39 is 0 Å². The number of carbonyl (C=O) groups excluding carboxylic acids is 1. The molecule has 1 heterocycles. The number of amides is 2. The van der Waals surface area contributed by atoms with E-state index in [0.29, 0.717) is 19.6 Å². The van der Waals surface area contributed by atoms with Gasteiger partial charge in [0.2, 0.25) is 0 Å². The zero-order chi connectivity index (χ0) is 23.2. The number of nitrogens with zero attached hydrogens (tertiary/aromatic N) is 2. The van der Waals surface area contributed by atoms with Crippen LogP contribution in [0.3, 0.4) is 0 Å². The van der Waals surface area contributed by atoms with E-state index in [1.165, 1.54) is 6.07 Å². The molecule has 0 fully saturated rings. The van der Waals surface area contributed by atoms with Crippen LogP contribution in [0.4, 0.5) is 14.9 Å². The fraction of sp³-hybridized carbons (Fsp3) is 0.179. The van der Waals surface area contributed by atoms with Gasteiger partial charge in [0.1, 0.15) is 5.82 Å². The summed E-state index contributed by atoms with van der Waals surface area (Å²) in [6.45, 7) is 5.48. The van der Waals surface area contributed by atoms with Gasteiger partial charge in [-0.1, -0.05) is 54.6 Å². The van der Waals surface area contributed by atoms with Crippen LogP contribution in [0.2, 0.25) is 0 Å². The lowest BCUT2D eigenvalue weighted by Gasteiger charge is -2.25. The van der Waals surface area contributed by atoms with Gasteiger partial charge in [-0.2, -0.15) is 0 Å². The second-order valence-electron chi connectivity index (χ2n) is 8.28. The Morgan fingerprint density at radius 3 is 2.42 bits per heavy atom. The van der Waals surface area contributed by atoms with E-state index >= 15 is 0 Å². The average Bonchev–Trinajstić information content (AvgIpc) is 3.23. The van der Waals surface area contributed by atoms with E-state index in [2.05, 4.69) is 9.88 Å². The molecule has 0 aliphatic carbocycles. The molecule has 0 spiro atoms. The van der Waals surface area contributed by atoms with Crippen molar-refractivity contribution in [3.05, 3.63) is 125 Å². The summed E-state index contributed by atoms with van der Waals surface area (Å²) >= 11 is 0. The smallest absolute Gasteiger partial charge is 0.322 e. The van der Waals surface area contributed by atoms with Gasteiger partial charge in [0, 0.05) is 30.7 Å². The third kappa shape index (κ3) is 5.69. The molecule has 0 saturated heterocycles. The lowest BCUT2D eigenvalue weighted by Crippen LogP contribution is -2.35. The standard InChI is InChI=1S/C28H28FN3O/c1-21-9-6-15-27(22(21)2)30-28(33)32(18-23-10-4-3-5-11-23)20-26-14-8-16-31(26)19-24-12-7-13-25(29)17-24/h3-17H,18-20H2,1-2H3,(H,30,33). The summed E-state index contributed by atoms with van der Waals surface area (Å²) in [5.74, 6) is -0.250. The lowest BCUT2D eigenvalue weighted by molar-refractivity contribution is 0.205. The summed E-state index contributed by atoms with van der Waals surface area (Å²) in [5.41, 5.74) is 5.91. The Bertz CT molecular complexity index is 1230. The van der Waals surface area contributed by atoms with Gasteiger partial charge >= 0.3 is 6.03 Å². The molecule has 0 atom stereocenters. The molecule has 0 bridgehead atoms. The van der Waals surface area contributed by atoms with Gasteiger partial charge in [-0.05, 0) is 66.4 Å². The highest BCUT2D eigenvalue weighted by molar-refractivity contribution is 5.90. The molecule has 0 unspecified atom stereocenters. The van der Waals surface area contributed by atoms with Crippen molar-refractivity contribution in [2.75, 3.05) is 5.32 Å². The summed E-state index contributed by atoms with van der Waals surface area (Å²) in [6.07, 6.45) is 1.96. The first kappa shape index (κ1) is 22.3. The fourth-order valence-electron chi connectivity index (χ4n) is 3.86. The van der Waals surface area contributed by atoms with Crippen LogP contribution in [-0.4, -0.2) is 15.5 Å². The minimum absolute atomic E-state index is 0.161. The minimum atomic E-state index is -0.250. The van der Waals surface area contributed by atoms with Crippen LogP contribution in [-0.2, 0) is 19.6 Å². The molecule has 1 N–H and O–H groups in total. The van der Waals surface area contributed by atoms with Crippen LogP contribution in [0.25, 0.3) is 0 Å². The van der Waals surface area contributed by atoms with Crippen LogP contribution in [0, 0.1) is 19.7 Å². The molecule has 168 valence electrons. The van der Waals surface area contributed by atoms with Crippen molar-refractivity contribution in [3.8, 4) is 0 Å². The number of benzene rings is 3. The van der Waals surface area contributed by atoms with E-state index in [-0.39, 0.29) is 11.8 Å². The quantitative estimate of drug-likeness (QED) is 0.348. The third-order valence-electron chi connectivity index (χ3n) is 5.87. The number of carbonyl (C=O) groups is 1. The first-order valence-corrected chi connectivity index (χ1v) is 11.0. The SMILES string of the molecule is Cc1cccc(NC(=O)N(Cc2ccccc2)Cc2cccn2Cc2cccc(F)c2)c1C. The van der Waals surface area contributed by atoms with E-state index in [1.54, 1.807) is 17.0 Å². The maximum atomic E-state index is 13.7. The molecule has 1 aromatic heterocycles. The van der Waals surface area contributed by atoms with Crippen LogP contribution >= 0.6 is 0 Å². The number of hydrogen-bond donors (Lipinski definition) is 1. The predicted molar refractivity (Wildman–Crippen MR) is 131 cm³/mol. The van der Waals surface area contributed by atoms with Crippen LogP contribution in [0.1, 0.15) is 27.9 Å². The molecule has 5 heteroatoms. The number of aromatic nitrogens is 1. The van der Waals surface area contributed by atoms with Gasteiger partial charge in [-0.25, -0.2) is 9.18 Å². The second-order valence-corrected chi connectivity index (χ2v) is 8.28. The van der Waals surface area contributed by atoms with Crippen molar-refractivity contribution < 1.29 is 9.18 Å². The Morgan fingerprint density at radius 1 is 0.879 bits per heavy atom. The highest BCUT2D eigenvalue weighted by Gasteiger charge is 2.18. The lowest BCUT2D eigenvalue weighted by atomic mass is 10.1. The summed E-state index contributed by atoms with van der Waals surface area (Å²) in [7, 11) is 0. The van der Waals surface area contributed by atoms with Crippen molar-refractivity contribution >= 4 is 11.7 Å². The summed E-state index contributed by atoms with van der Waals surface area (Å²) in [6, 6.07) is 26.3. The normalized spacial score (nSPS) is 10.8. The first-order valence-electron chi connectivity index (χ1n) is 11.0. The number of rotatable bonds is 7. The molecule has 0 aliphatic heterocycles. The Labute approximate surface area is 194 Å². The van der Waals surface area contributed by atoms with Gasteiger partial charge in [0.15, 0.2) is 0 Å². The predicted octanol–water partition coefficient (Wildman–Crippen LogP) is 6.53. The van der Waals surface area contributed by atoms with Gasteiger partial charge in [-0.3, -0.25) is 0 Å². The van der Waals surface area contributed by atoms with Crippen molar-refractivity contribution in [1.82, 2.24) is 9.47 Å². The van der Waals surface area contributed by atoms with Crippen molar-refractivity contribution in [2.24, 2.45) is 0 Å². The fourth-order valence-corrected chi connectivity index (χ4v) is 3.86. The zero-order valence-electron chi connectivity index (χ0n) is 19.0. The van der Waals surface area contributed by atoms with E-state index in [0.717, 1.165) is 33.6 Å². The summed E-state index contributed by atoms with van der Waals surface area (Å²) in [5, 5.41) is 3.09. The molecule has 0 aliphatic rings. The number of hydrogen-bond acceptors (Lipinski definition) is 1. The summed E-state index contributed by atoms with van der Waals surface area (Å²) < 4.78 is 15.7. The number of nitrogens with one attached hydrogen (secondary N) is 1. The Morgan fingerprint density at radius 2 is 1.64 bits per heavy atom. The van der Waals surface area contributed by atoms with Crippen molar-refractivity contribution in [3.63, 3.8) is 0 Å². The summed E-state index contributed by atoms with van der Waals surface area (Å²) in [4.78, 5) is 15.2. The molecule has 4 rings (SSSR count). The maximum Gasteiger partial charge on any atom is 0.322 e. The van der Waals surface area contributed by atoms with E-state index in [1.807, 2.05) is 86.8 Å². The molecule has 4 nitrogen and oxygen atoms in total. The van der Waals surface area contributed by atoms with Crippen molar-refractivity contribution in [1.29, 1.82) is 0 Å². The number of anilines is 1. The Kier molecular flexibility index (Phi) is 6.89. The molecular formula is C28H28FN3O. The molecule has 0 saturated carbocycles. The molecule has 2 amide bonds. The third-order valence-corrected chi connectivity index (χ3v) is 5.87. The molecule has 4 aromatic rings. The minimum Gasteiger partial charge on any atom is -0.345 e. The highest BCUT2D eigenvalue weighted by atomic mass is 19.1. The van der Waals surface area contributed by atoms with Gasteiger partial charge in [0.25, 0.3) is 0 Å². The Balaban J connectivity index is 1.57. The number of halogens is 1. The van der Waals surface area contributed by atoms with Crippen molar-refractivity contribution in [2.45, 2.75) is 33.5 Å². The highest BCUT2D eigenvalue weighted by Crippen LogP contribution is 2.20. The average molecular weight is 442 g/mol. The molecule has 3 aromatic carbocycles. The largest absolute Gasteiger partial charge is 0.345 e. The van der Waals surface area contributed by atoms with Gasteiger partial charge in [-0.15, -0.1) is 0 Å². The molecular weight excluding hydrogens is 413 g/mol. The Hall–Kier alpha value is -3.86. The molecule has 33 heavy (non-hydrogen) atoms. The van der Waals surface area contributed by atoms with Crippen LogP contribution in [0.5, 0.6) is 0 Å². The monoisotopic (exact) mass is 441 g/mol. The second kappa shape index (κ2) is 10.2. The maximum absolute atomic E-state index is 13.7. The number of aryl methyl sites for hydroxylation is 1. The first-order chi connectivity index (χ1) is 16.0. The zero-order valence-corrected chi connectivity index (χ0v) is 19.0. The van der Waals surface area contributed by atoms with Crippen LogP contribution in [0.15, 0.2) is 91.1 Å². The van der Waals surface area contributed by atoms with E-state index in [4.69, 9.17) is 0 Å². The van der Waals surface area contributed by atoms with Gasteiger partial charge < -0.3 is 14.8 Å².